The number of nitrogens with one attached hydrogen (secondary N) is 1. The second kappa shape index (κ2) is 7.95. The predicted molar refractivity (Wildman–Crippen MR) is 93.2 cm³/mol. The molecule has 4 heteroatoms. The molecule has 1 aromatic heterocycles. The Kier molecular flexibility index (Phi) is 5.97. The van der Waals surface area contributed by atoms with Gasteiger partial charge in [0.2, 0.25) is 5.91 Å². The van der Waals surface area contributed by atoms with Crippen molar-refractivity contribution in [2.24, 2.45) is 5.92 Å². The molecule has 124 valence electrons. The van der Waals surface area contributed by atoms with E-state index < -0.39 is 0 Å². The fourth-order valence-corrected chi connectivity index (χ4v) is 2.88. The van der Waals surface area contributed by atoms with E-state index in [1.807, 2.05) is 29.8 Å². The zero-order chi connectivity index (χ0) is 16.8. The lowest BCUT2D eigenvalue weighted by molar-refractivity contribution is -0.125. The van der Waals surface area contributed by atoms with Crippen molar-refractivity contribution in [1.29, 1.82) is 0 Å². The number of amides is 1. The number of aryl methyl sites for hydroxylation is 1. The number of nitrogens with zero attached hydrogens (tertiary/aromatic N) is 2. The SMILES string of the molecule is CCC(CC)C(=O)NCc1c(C)nn(Cc2ccccc2)c1C. The molecule has 4 nitrogen and oxygen atoms in total. The number of hydrogen-bond acceptors (Lipinski definition) is 2. The highest BCUT2D eigenvalue weighted by Gasteiger charge is 2.16. The van der Waals surface area contributed by atoms with Crippen molar-refractivity contribution in [1.82, 2.24) is 15.1 Å². The Morgan fingerprint density at radius 1 is 1.17 bits per heavy atom. The third-order valence-corrected chi connectivity index (χ3v) is 4.50. The average Bonchev–Trinajstić information content (AvgIpc) is 2.81. The third-order valence-electron chi connectivity index (χ3n) is 4.50. The lowest BCUT2D eigenvalue weighted by Gasteiger charge is -2.13. The molecule has 0 bridgehead atoms. The third kappa shape index (κ3) is 4.21. The van der Waals surface area contributed by atoms with E-state index in [0.717, 1.165) is 36.3 Å². The highest BCUT2D eigenvalue weighted by molar-refractivity contribution is 5.78. The van der Waals surface area contributed by atoms with E-state index in [1.54, 1.807) is 0 Å². The van der Waals surface area contributed by atoms with Crippen LogP contribution in [0.15, 0.2) is 30.3 Å². The zero-order valence-corrected chi connectivity index (χ0v) is 14.6. The van der Waals surface area contributed by atoms with E-state index in [4.69, 9.17) is 0 Å². The van der Waals surface area contributed by atoms with Gasteiger partial charge in [0.15, 0.2) is 0 Å². The summed E-state index contributed by atoms with van der Waals surface area (Å²) >= 11 is 0. The van der Waals surface area contributed by atoms with Gasteiger partial charge in [-0.15, -0.1) is 0 Å². The van der Waals surface area contributed by atoms with E-state index in [-0.39, 0.29) is 11.8 Å². The van der Waals surface area contributed by atoms with Gasteiger partial charge >= 0.3 is 0 Å². The molecule has 0 spiro atoms. The molecule has 1 heterocycles. The van der Waals surface area contributed by atoms with Crippen LogP contribution in [0.2, 0.25) is 0 Å². The first kappa shape index (κ1) is 17.3. The van der Waals surface area contributed by atoms with Gasteiger partial charge in [0, 0.05) is 23.7 Å². The molecule has 0 radical (unpaired) electrons. The Morgan fingerprint density at radius 3 is 2.43 bits per heavy atom. The van der Waals surface area contributed by atoms with Gasteiger partial charge in [0.25, 0.3) is 0 Å². The zero-order valence-electron chi connectivity index (χ0n) is 14.6. The van der Waals surface area contributed by atoms with Crippen LogP contribution in [-0.2, 0) is 17.9 Å². The lowest BCUT2D eigenvalue weighted by atomic mass is 10.0. The fourth-order valence-electron chi connectivity index (χ4n) is 2.88. The Bertz CT molecular complexity index is 642. The van der Waals surface area contributed by atoms with E-state index in [1.165, 1.54) is 5.56 Å². The Balaban J connectivity index is 2.07. The van der Waals surface area contributed by atoms with Gasteiger partial charge in [-0.05, 0) is 32.3 Å². The summed E-state index contributed by atoms with van der Waals surface area (Å²) in [4.78, 5) is 12.2. The Hall–Kier alpha value is -2.10. The minimum Gasteiger partial charge on any atom is -0.352 e. The summed E-state index contributed by atoms with van der Waals surface area (Å²) in [5.41, 5.74) is 4.46. The summed E-state index contributed by atoms with van der Waals surface area (Å²) in [7, 11) is 0. The van der Waals surface area contributed by atoms with Crippen molar-refractivity contribution in [2.75, 3.05) is 0 Å². The molecule has 2 aromatic rings. The monoisotopic (exact) mass is 313 g/mol. The quantitative estimate of drug-likeness (QED) is 0.849. The Morgan fingerprint density at radius 2 is 1.83 bits per heavy atom. The summed E-state index contributed by atoms with van der Waals surface area (Å²) in [6.45, 7) is 9.51. The molecule has 2 rings (SSSR count). The first-order chi connectivity index (χ1) is 11.1. The smallest absolute Gasteiger partial charge is 0.223 e. The van der Waals surface area contributed by atoms with Crippen LogP contribution in [0.3, 0.4) is 0 Å². The van der Waals surface area contributed by atoms with Gasteiger partial charge in [-0.2, -0.15) is 5.10 Å². The number of carbonyl (C=O) groups is 1. The van der Waals surface area contributed by atoms with Crippen LogP contribution in [0, 0.1) is 19.8 Å². The molecule has 1 amide bonds. The molecule has 0 aliphatic heterocycles. The second-order valence-electron chi connectivity index (χ2n) is 6.02. The number of benzene rings is 1. The van der Waals surface area contributed by atoms with E-state index in [0.29, 0.717) is 6.54 Å². The van der Waals surface area contributed by atoms with Crippen molar-refractivity contribution in [3.05, 3.63) is 52.8 Å². The number of carbonyl (C=O) groups excluding carboxylic acids is 1. The van der Waals surface area contributed by atoms with Gasteiger partial charge in [-0.25, -0.2) is 0 Å². The molecule has 0 saturated heterocycles. The summed E-state index contributed by atoms with van der Waals surface area (Å²) in [5, 5.41) is 7.70. The average molecular weight is 313 g/mol. The first-order valence-corrected chi connectivity index (χ1v) is 8.41. The second-order valence-corrected chi connectivity index (χ2v) is 6.02. The molecule has 0 atom stereocenters. The summed E-state index contributed by atoms with van der Waals surface area (Å²) in [6, 6.07) is 10.3. The maximum absolute atomic E-state index is 12.2. The minimum atomic E-state index is 0.106. The maximum Gasteiger partial charge on any atom is 0.223 e. The number of aromatic nitrogens is 2. The molecule has 0 unspecified atom stereocenters. The first-order valence-electron chi connectivity index (χ1n) is 8.41. The maximum atomic E-state index is 12.2. The highest BCUT2D eigenvalue weighted by Crippen LogP contribution is 2.15. The molecule has 1 aromatic carbocycles. The molecule has 0 aliphatic rings. The van der Waals surface area contributed by atoms with Crippen molar-refractivity contribution in [3.8, 4) is 0 Å². The summed E-state index contributed by atoms with van der Waals surface area (Å²) < 4.78 is 2.02. The number of rotatable bonds is 7. The molecule has 0 saturated carbocycles. The van der Waals surface area contributed by atoms with Crippen molar-refractivity contribution in [2.45, 2.75) is 53.6 Å². The topological polar surface area (TPSA) is 46.9 Å². The summed E-state index contributed by atoms with van der Waals surface area (Å²) in [6.07, 6.45) is 1.77. The predicted octanol–water partition coefficient (Wildman–Crippen LogP) is 3.60. The Labute approximate surface area is 138 Å². The van der Waals surface area contributed by atoms with Crippen LogP contribution in [0.4, 0.5) is 0 Å². The fraction of sp³-hybridized carbons (Fsp3) is 0.474. The van der Waals surface area contributed by atoms with Crippen LogP contribution in [0.25, 0.3) is 0 Å². The van der Waals surface area contributed by atoms with E-state index >= 15 is 0 Å². The normalized spacial score (nSPS) is 11.0. The van der Waals surface area contributed by atoms with E-state index in [2.05, 4.69) is 43.3 Å². The minimum absolute atomic E-state index is 0.106. The molecule has 1 N–H and O–H groups in total. The van der Waals surface area contributed by atoms with Crippen molar-refractivity contribution >= 4 is 5.91 Å². The number of hydrogen-bond donors (Lipinski definition) is 1. The van der Waals surface area contributed by atoms with Gasteiger partial charge in [0.1, 0.15) is 0 Å². The largest absolute Gasteiger partial charge is 0.352 e. The van der Waals surface area contributed by atoms with E-state index in [9.17, 15) is 4.79 Å². The van der Waals surface area contributed by atoms with Gasteiger partial charge in [0.05, 0.1) is 12.2 Å². The van der Waals surface area contributed by atoms with Crippen LogP contribution >= 0.6 is 0 Å². The van der Waals surface area contributed by atoms with Crippen LogP contribution in [0.1, 0.15) is 49.2 Å². The standard InChI is InChI=1S/C19H27N3O/c1-5-17(6-2)19(23)20-12-18-14(3)21-22(15(18)4)13-16-10-8-7-9-11-16/h7-11,17H,5-6,12-13H2,1-4H3,(H,20,23). The van der Waals surface area contributed by atoms with Gasteiger partial charge < -0.3 is 5.32 Å². The molecule has 23 heavy (non-hydrogen) atoms. The van der Waals surface area contributed by atoms with Gasteiger partial charge in [-0.3, -0.25) is 9.48 Å². The molecule has 0 aliphatic carbocycles. The van der Waals surface area contributed by atoms with Crippen LogP contribution < -0.4 is 5.32 Å². The van der Waals surface area contributed by atoms with Crippen molar-refractivity contribution < 1.29 is 4.79 Å². The van der Waals surface area contributed by atoms with Crippen molar-refractivity contribution in [3.63, 3.8) is 0 Å². The summed E-state index contributed by atoms with van der Waals surface area (Å²) in [5.74, 6) is 0.250. The van der Waals surface area contributed by atoms with Crippen LogP contribution in [0.5, 0.6) is 0 Å². The molecular weight excluding hydrogens is 286 g/mol. The molecule has 0 fully saturated rings. The van der Waals surface area contributed by atoms with Gasteiger partial charge in [-0.1, -0.05) is 44.2 Å². The van der Waals surface area contributed by atoms with Crippen LogP contribution in [-0.4, -0.2) is 15.7 Å². The lowest BCUT2D eigenvalue weighted by Crippen LogP contribution is -2.30. The highest BCUT2D eigenvalue weighted by atomic mass is 16.1. The molecular formula is C19H27N3O.